The molecule has 2 aromatic carbocycles. The van der Waals surface area contributed by atoms with Gasteiger partial charge in [-0.15, -0.1) is 0 Å². The van der Waals surface area contributed by atoms with E-state index in [1.165, 1.54) is 0 Å². The SMILES string of the molecule is CCOc1ccc(N2CC(CNC(=O)Nc3cc(OCC)c(OCC)c(OCC)c3)CC2=O)cc1. The molecule has 1 aliphatic rings. The van der Waals surface area contributed by atoms with Crippen LogP contribution in [0, 0.1) is 5.92 Å². The molecule has 3 rings (SSSR count). The number of hydrogen-bond donors (Lipinski definition) is 2. The summed E-state index contributed by atoms with van der Waals surface area (Å²) in [6.07, 6.45) is 0.375. The number of nitrogens with zero attached hydrogens (tertiary/aromatic N) is 1. The highest BCUT2D eigenvalue weighted by Gasteiger charge is 2.30. The molecule has 3 amide bonds. The molecule has 9 heteroatoms. The zero-order valence-electron chi connectivity index (χ0n) is 20.9. The van der Waals surface area contributed by atoms with E-state index >= 15 is 0 Å². The quantitative estimate of drug-likeness (QED) is 0.461. The molecule has 1 aliphatic heterocycles. The van der Waals surface area contributed by atoms with E-state index in [1.54, 1.807) is 17.0 Å². The fourth-order valence-corrected chi connectivity index (χ4v) is 3.93. The zero-order valence-corrected chi connectivity index (χ0v) is 20.9. The molecule has 9 nitrogen and oxygen atoms in total. The molecular formula is C26H35N3O6. The molecule has 1 unspecified atom stereocenters. The molecule has 35 heavy (non-hydrogen) atoms. The van der Waals surface area contributed by atoms with E-state index in [9.17, 15) is 9.59 Å². The predicted octanol–water partition coefficient (Wildman–Crippen LogP) is 4.46. The van der Waals surface area contributed by atoms with Crippen molar-refractivity contribution in [3.05, 3.63) is 36.4 Å². The smallest absolute Gasteiger partial charge is 0.319 e. The molecule has 0 spiro atoms. The largest absolute Gasteiger partial charge is 0.494 e. The van der Waals surface area contributed by atoms with Gasteiger partial charge >= 0.3 is 6.03 Å². The van der Waals surface area contributed by atoms with Crippen LogP contribution in [0.4, 0.5) is 16.2 Å². The van der Waals surface area contributed by atoms with Gasteiger partial charge in [-0.2, -0.15) is 0 Å². The van der Waals surface area contributed by atoms with Crippen molar-refractivity contribution < 1.29 is 28.5 Å². The summed E-state index contributed by atoms with van der Waals surface area (Å²) in [6.45, 7) is 10.4. The van der Waals surface area contributed by atoms with Gasteiger partial charge < -0.3 is 34.5 Å². The molecule has 1 fully saturated rings. The van der Waals surface area contributed by atoms with Crippen molar-refractivity contribution in [2.75, 3.05) is 49.7 Å². The number of benzene rings is 2. The van der Waals surface area contributed by atoms with Gasteiger partial charge in [-0.05, 0) is 52.0 Å². The molecule has 1 saturated heterocycles. The standard InChI is InChI=1S/C26H35N3O6/c1-5-32-21-11-9-20(10-12-21)29-17-18(13-24(29)30)16-27-26(31)28-19-14-22(33-6-2)25(35-8-4)23(15-19)34-7-3/h9-12,14-15,18H,5-8,13,16-17H2,1-4H3,(H2,27,28,31). The molecule has 190 valence electrons. The first-order valence-corrected chi connectivity index (χ1v) is 12.1. The number of anilines is 2. The van der Waals surface area contributed by atoms with Crippen molar-refractivity contribution in [2.45, 2.75) is 34.1 Å². The van der Waals surface area contributed by atoms with Gasteiger partial charge in [0.05, 0.1) is 32.1 Å². The third-order valence-electron chi connectivity index (χ3n) is 5.38. The number of nitrogens with one attached hydrogen (secondary N) is 2. The number of urea groups is 1. The first-order chi connectivity index (χ1) is 17.0. The van der Waals surface area contributed by atoms with Gasteiger partial charge in [-0.25, -0.2) is 4.79 Å². The Kier molecular flexibility index (Phi) is 9.46. The minimum Gasteiger partial charge on any atom is -0.494 e. The summed E-state index contributed by atoms with van der Waals surface area (Å²) in [4.78, 5) is 26.9. The molecule has 0 aliphatic carbocycles. The second kappa shape index (κ2) is 12.7. The van der Waals surface area contributed by atoms with Crippen LogP contribution < -0.4 is 34.5 Å². The Labute approximate surface area is 206 Å². The lowest BCUT2D eigenvalue weighted by Gasteiger charge is -2.18. The number of hydrogen-bond acceptors (Lipinski definition) is 6. The maximum absolute atomic E-state index is 12.6. The topological polar surface area (TPSA) is 98.4 Å². The minimum atomic E-state index is -0.369. The molecule has 2 aromatic rings. The summed E-state index contributed by atoms with van der Waals surface area (Å²) in [5.41, 5.74) is 1.35. The highest BCUT2D eigenvalue weighted by molar-refractivity contribution is 5.96. The van der Waals surface area contributed by atoms with Crippen molar-refractivity contribution in [2.24, 2.45) is 5.92 Å². The lowest BCUT2D eigenvalue weighted by molar-refractivity contribution is -0.117. The Morgan fingerprint density at radius 3 is 2.09 bits per heavy atom. The predicted molar refractivity (Wildman–Crippen MR) is 135 cm³/mol. The van der Waals surface area contributed by atoms with Gasteiger partial charge in [0.2, 0.25) is 11.7 Å². The third kappa shape index (κ3) is 6.94. The monoisotopic (exact) mass is 485 g/mol. The summed E-state index contributed by atoms with van der Waals surface area (Å²) in [5, 5.41) is 5.70. The van der Waals surface area contributed by atoms with Gasteiger partial charge in [0.1, 0.15) is 5.75 Å². The molecule has 0 radical (unpaired) electrons. The molecular weight excluding hydrogens is 450 g/mol. The fraction of sp³-hybridized carbons (Fsp3) is 0.462. The van der Waals surface area contributed by atoms with E-state index in [0.717, 1.165) is 11.4 Å². The van der Waals surface area contributed by atoms with Crippen LogP contribution in [0.2, 0.25) is 0 Å². The normalized spacial score (nSPS) is 15.0. The van der Waals surface area contributed by atoms with E-state index in [4.69, 9.17) is 18.9 Å². The van der Waals surface area contributed by atoms with Crippen molar-refractivity contribution in [3.8, 4) is 23.0 Å². The van der Waals surface area contributed by atoms with Gasteiger partial charge in [0.25, 0.3) is 0 Å². The van der Waals surface area contributed by atoms with Crippen molar-refractivity contribution in [1.29, 1.82) is 0 Å². The summed E-state index contributed by atoms with van der Waals surface area (Å²) < 4.78 is 22.6. The van der Waals surface area contributed by atoms with Crippen LogP contribution in [0.5, 0.6) is 23.0 Å². The van der Waals surface area contributed by atoms with Crippen molar-refractivity contribution >= 4 is 23.3 Å². The number of carbonyl (C=O) groups is 2. The Hall–Kier alpha value is -3.62. The van der Waals surface area contributed by atoms with Crippen LogP contribution in [-0.4, -0.2) is 51.5 Å². The fourth-order valence-electron chi connectivity index (χ4n) is 3.93. The van der Waals surface area contributed by atoms with Crippen LogP contribution in [-0.2, 0) is 4.79 Å². The van der Waals surface area contributed by atoms with Gasteiger partial charge in [0, 0.05) is 43.2 Å². The van der Waals surface area contributed by atoms with Gasteiger partial charge in [-0.3, -0.25) is 4.79 Å². The first-order valence-electron chi connectivity index (χ1n) is 12.1. The molecule has 0 aromatic heterocycles. The lowest BCUT2D eigenvalue weighted by atomic mass is 10.1. The second-order valence-corrected chi connectivity index (χ2v) is 7.94. The molecule has 0 saturated carbocycles. The maximum atomic E-state index is 12.6. The Bertz CT molecular complexity index is 968. The average molecular weight is 486 g/mol. The summed E-state index contributed by atoms with van der Waals surface area (Å²) in [6, 6.07) is 10.5. The van der Waals surface area contributed by atoms with E-state index in [-0.39, 0.29) is 17.9 Å². The summed E-state index contributed by atoms with van der Waals surface area (Å²) in [7, 11) is 0. The zero-order chi connectivity index (χ0) is 25.2. The number of ether oxygens (including phenoxy) is 4. The van der Waals surface area contributed by atoms with E-state index in [1.807, 2.05) is 52.0 Å². The number of amides is 3. The highest BCUT2D eigenvalue weighted by Crippen LogP contribution is 2.40. The molecule has 1 atom stereocenters. The maximum Gasteiger partial charge on any atom is 0.319 e. The van der Waals surface area contributed by atoms with Crippen LogP contribution in [0.3, 0.4) is 0 Å². The Morgan fingerprint density at radius 1 is 0.914 bits per heavy atom. The van der Waals surface area contributed by atoms with E-state index in [0.29, 0.717) is 68.9 Å². The molecule has 2 N–H and O–H groups in total. The van der Waals surface area contributed by atoms with E-state index < -0.39 is 0 Å². The Morgan fingerprint density at radius 2 is 1.51 bits per heavy atom. The van der Waals surface area contributed by atoms with Crippen LogP contribution in [0.1, 0.15) is 34.1 Å². The van der Waals surface area contributed by atoms with Crippen LogP contribution in [0.25, 0.3) is 0 Å². The summed E-state index contributed by atoms with van der Waals surface area (Å²) >= 11 is 0. The average Bonchev–Trinajstić information content (AvgIpc) is 3.21. The van der Waals surface area contributed by atoms with Gasteiger partial charge in [-0.1, -0.05) is 0 Å². The molecule has 0 bridgehead atoms. The first kappa shape index (κ1) is 26.0. The highest BCUT2D eigenvalue weighted by atomic mass is 16.5. The summed E-state index contributed by atoms with van der Waals surface area (Å²) in [5.74, 6) is 2.34. The van der Waals surface area contributed by atoms with Crippen molar-refractivity contribution in [1.82, 2.24) is 5.32 Å². The van der Waals surface area contributed by atoms with Crippen LogP contribution >= 0.6 is 0 Å². The van der Waals surface area contributed by atoms with Crippen LogP contribution in [0.15, 0.2) is 36.4 Å². The molecule has 1 heterocycles. The number of carbonyl (C=O) groups excluding carboxylic acids is 2. The second-order valence-electron chi connectivity index (χ2n) is 7.94. The number of rotatable bonds is 12. The Balaban J connectivity index is 1.59. The van der Waals surface area contributed by atoms with E-state index in [2.05, 4.69) is 10.6 Å². The third-order valence-corrected chi connectivity index (χ3v) is 5.38. The van der Waals surface area contributed by atoms with Crippen molar-refractivity contribution in [3.63, 3.8) is 0 Å². The minimum absolute atomic E-state index is 0.0121. The lowest BCUT2D eigenvalue weighted by Crippen LogP contribution is -2.34. The van der Waals surface area contributed by atoms with Gasteiger partial charge in [0.15, 0.2) is 11.5 Å².